The molecule has 1 aromatic rings. The number of hydrogen-bond acceptors (Lipinski definition) is 7. The fraction of sp³-hybridized carbons (Fsp3) is 0.235. The Morgan fingerprint density at radius 1 is 1.19 bits per heavy atom. The molecule has 0 fully saturated rings. The third kappa shape index (κ3) is 2.23. The van der Waals surface area contributed by atoms with Gasteiger partial charge in [0, 0.05) is 15.7 Å². The van der Waals surface area contributed by atoms with Gasteiger partial charge in [-0.15, -0.1) is 0 Å². The van der Waals surface area contributed by atoms with Crippen LogP contribution in [0, 0.1) is 0 Å². The number of benzene rings is 1. The average Bonchev–Trinajstić information content (AvgIpc) is 2.86. The first-order valence-electron chi connectivity index (χ1n) is 7.46. The molecule has 1 aromatic carbocycles. The molecule has 2 aliphatic heterocycles. The van der Waals surface area contributed by atoms with E-state index in [0.29, 0.717) is 15.7 Å². The molecule has 0 saturated carbocycles. The topological polar surface area (TPSA) is 117 Å². The number of rotatable bonds is 2. The molecule has 0 radical (unpaired) electrons. The van der Waals surface area contributed by atoms with Crippen LogP contribution in [0.2, 0.25) is 0 Å². The fourth-order valence-electron chi connectivity index (χ4n) is 3.37. The molecule has 2 aliphatic rings. The van der Waals surface area contributed by atoms with E-state index in [0.717, 1.165) is 7.11 Å². The molecule has 8 nitrogen and oxygen atoms in total. The molecule has 0 aromatic heterocycles. The van der Waals surface area contributed by atoms with E-state index in [1.54, 1.807) is 18.2 Å². The maximum atomic E-state index is 13.2. The molecule has 0 saturated heterocycles. The summed E-state index contributed by atoms with van der Waals surface area (Å²) < 4.78 is 15.7. The smallest absolute Gasteiger partial charge is 0.340 e. The quantitative estimate of drug-likeness (QED) is 0.692. The van der Waals surface area contributed by atoms with E-state index in [2.05, 4.69) is 21.2 Å². The summed E-state index contributed by atoms with van der Waals surface area (Å²) in [6.07, 6.45) is 0. The number of nitrogens with two attached hydrogens (primary N) is 1. The number of amides is 1. The molecule has 0 unspecified atom stereocenters. The van der Waals surface area contributed by atoms with E-state index in [1.165, 1.54) is 14.0 Å². The van der Waals surface area contributed by atoms with Crippen LogP contribution < -0.4 is 11.1 Å². The number of anilines is 1. The van der Waals surface area contributed by atoms with Crippen molar-refractivity contribution in [2.75, 3.05) is 19.5 Å². The highest BCUT2D eigenvalue weighted by Gasteiger charge is 2.61. The van der Waals surface area contributed by atoms with Crippen LogP contribution in [0.15, 0.2) is 45.5 Å². The number of carbonyl (C=O) groups excluding carboxylic acids is 3. The number of esters is 2. The Kier molecular flexibility index (Phi) is 4.27. The number of nitrogens with one attached hydrogen (secondary N) is 1. The van der Waals surface area contributed by atoms with Crippen molar-refractivity contribution in [1.29, 1.82) is 0 Å². The summed E-state index contributed by atoms with van der Waals surface area (Å²) in [7, 11) is 2.32. The zero-order valence-electron chi connectivity index (χ0n) is 14.1. The normalized spacial score (nSPS) is 21.3. The van der Waals surface area contributed by atoms with E-state index in [9.17, 15) is 14.4 Å². The van der Waals surface area contributed by atoms with Crippen LogP contribution in [0.3, 0.4) is 0 Å². The number of ether oxygens (including phenoxy) is 3. The van der Waals surface area contributed by atoms with Crippen LogP contribution in [0.25, 0.3) is 0 Å². The zero-order valence-corrected chi connectivity index (χ0v) is 15.7. The molecule has 9 heteroatoms. The van der Waals surface area contributed by atoms with Gasteiger partial charge in [-0.1, -0.05) is 15.9 Å². The van der Waals surface area contributed by atoms with E-state index in [-0.39, 0.29) is 22.8 Å². The Hall–Kier alpha value is -2.81. The number of allylic oxidation sites excluding steroid dienone is 1. The molecule has 1 amide bonds. The van der Waals surface area contributed by atoms with Crippen LogP contribution in [-0.2, 0) is 34.0 Å². The van der Waals surface area contributed by atoms with Gasteiger partial charge in [-0.3, -0.25) is 4.79 Å². The van der Waals surface area contributed by atoms with E-state index >= 15 is 0 Å². The third-order valence-corrected chi connectivity index (χ3v) is 4.86. The van der Waals surface area contributed by atoms with Gasteiger partial charge in [0.05, 0.1) is 14.2 Å². The fourth-order valence-corrected chi connectivity index (χ4v) is 3.73. The van der Waals surface area contributed by atoms with Gasteiger partial charge in [0.2, 0.25) is 11.8 Å². The van der Waals surface area contributed by atoms with Gasteiger partial charge in [0.25, 0.3) is 0 Å². The van der Waals surface area contributed by atoms with Crippen molar-refractivity contribution in [3.8, 4) is 0 Å². The Morgan fingerprint density at radius 2 is 1.81 bits per heavy atom. The molecular formula is C17H15BrN2O6. The minimum Gasteiger partial charge on any atom is -0.466 e. The van der Waals surface area contributed by atoms with Crippen molar-refractivity contribution in [2.24, 2.45) is 5.73 Å². The number of hydrogen-bond donors (Lipinski definition) is 2. The second-order valence-corrected chi connectivity index (χ2v) is 6.57. The van der Waals surface area contributed by atoms with Crippen molar-refractivity contribution in [1.82, 2.24) is 0 Å². The summed E-state index contributed by atoms with van der Waals surface area (Å²) in [5.74, 6) is -2.59. The van der Waals surface area contributed by atoms with Crippen molar-refractivity contribution >= 4 is 39.5 Å². The molecule has 3 N–H and O–H groups in total. The highest BCUT2D eigenvalue weighted by Crippen LogP contribution is 2.52. The first-order chi connectivity index (χ1) is 12.3. The molecule has 0 aliphatic carbocycles. The standard InChI is InChI=1S/C17H15BrN2O6/c1-7-11(14(21)24-2)17(12(13(19)26-7)15(22)25-3)9-6-8(18)4-5-10(9)20-16(17)23/h4-6H,19H2,1-3H3,(H,20,23)/t17-/m0/s1. The lowest BCUT2D eigenvalue weighted by Gasteiger charge is -2.35. The summed E-state index contributed by atoms with van der Waals surface area (Å²) in [4.78, 5) is 38.3. The average molecular weight is 423 g/mol. The molecule has 1 atom stereocenters. The number of halogens is 1. The first kappa shape index (κ1) is 18.0. The number of fused-ring (bicyclic) bond motifs is 2. The van der Waals surface area contributed by atoms with Gasteiger partial charge < -0.3 is 25.3 Å². The summed E-state index contributed by atoms with van der Waals surface area (Å²) in [6, 6.07) is 5.00. The molecule has 3 rings (SSSR count). The van der Waals surface area contributed by atoms with Crippen LogP contribution in [0.5, 0.6) is 0 Å². The molecule has 136 valence electrons. The first-order valence-corrected chi connectivity index (χ1v) is 8.25. The monoisotopic (exact) mass is 422 g/mol. The number of carbonyl (C=O) groups is 3. The predicted molar refractivity (Wildman–Crippen MR) is 93.5 cm³/mol. The molecular weight excluding hydrogens is 408 g/mol. The van der Waals surface area contributed by atoms with E-state index in [1.807, 2.05) is 0 Å². The second kappa shape index (κ2) is 6.17. The Labute approximate surface area is 157 Å². The lowest BCUT2D eigenvalue weighted by Crippen LogP contribution is -2.48. The summed E-state index contributed by atoms with van der Waals surface area (Å²) in [5.41, 5.74) is 4.48. The second-order valence-electron chi connectivity index (χ2n) is 5.65. The lowest BCUT2D eigenvalue weighted by atomic mass is 9.67. The summed E-state index contributed by atoms with van der Waals surface area (Å²) in [6.45, 7) is 1.47. The maximum Gasteiger partial charge on any atom is 0.340 e. The predicted octanol–water partition coefficient (Wildman–Crippen LogP) is 1.46. The summed E-state index contributed by atoms with van der Waals surface area (Å²) in [5, 5.41) is 2.69. The minimum atomic E-state index is -1.84. The van der Waals surface area contributed by atoms with Crippen molar-refractivity contribution in [3.63, 3.8) is 0 Å². The minimum absolute atomic E-state index is 0.0602. The Morgan fingerprint density at radius 3 is 2.42 bits per heavy atom. The zero-order chi connectivity index (χ0) is 19.2. The molecule has 26 heavy (non-hydrogen) atoms. The van der Waals surface area contributed by atoms with Gasteiger partial charge in [-0.05, 0) is 25.1 Å². The Balaban J connectivity index is 2.47. The lowest BCUT2D eigenvalue weighted by molar-refractivity contribution is -0.141. The highest BCUT2D eigenvalue weighted by molar-refractivity contribution is 9.10. The summed E-state index contributed by atoms with van der Waals surface area (Å²) >= 11 is 3.35. The maximum absolute atomic E-state index is 13.2. The van der Waals surface area contributed by atoms with Gasteiger partial charge in [0.15, 0.2) is 0 Å². The van der Waals surface area contributed by atoms with E-state index < -0.39 is 23.3 Å². The van der Waals surface area contributed by atoms with E-state index in [4.69, 9.17) is 19.9 Å². The largest absolute Gasteiger partial charge is 0.466 e. The van der Waals surface area contributed by atoms with Crippen LogP contribution in [-0.4, -0.2) is 32.1 Å². The van der Waals surface area contributed by atoms with Gasteiger partial charge in [0.1, 0.15) is 22.3 Å². The molecule has 2 heterocycles. The van der Waals surface area contributed by atoms with Gasteiger partial charge in [-0.2, -0.15) is 0 Å². The highest BCUT2D eigenvalue weighted by atomic mass is 79.9. The van der Waals surface area contributed by atoms with Crippen LogP contribution in [0.1, 0.15) is 12.5 Å². The molecule has 1 spiro atoms. The Bertz CT molecular complexity index is 880. The van der Waals surface area contributed by atoms with Crippen molar-refractivity contribution < 1.29 is 28.6 Å². The van der Waals surface area contributed by atoms with Crippen LogP contribution in [0.4, 0.5) is 5.69 Å². The van der Waals surface area contributed by atoms with Crippen molar-refractivity contribution in [3.05, 3.63) is 51.0 Å². The van der Waals surface area contributed by atoms with Crippen molar-refractivity contribution in [2.45, 2.75) is 12.3 Å². The van der Waals surface area contributed by atoms with Crippen LogP contribution >= 0.6 is 15.9 Å². The third-order valence-electron chi connectivity index (χ3n) is 4.36. The van der Waals surface area contributed by atoms with Gasteiger partial charge in [-0.25, -0.2) is 9.59 Å². The molecule has 0 bridgehead atoms. The number of methoxy groups -OCH3 is 2. The SMILES string of the molecule is COC(=O)C1=C(C)OC(N)=C(C(=O)OC)[C@@]12C(=O)Nc1ccc(Br)cc12. The van der Waals surface area contributed by atoms with Gasteiger partial charge >= 0.3 is 11.9 Å².